The van der Waals surface area contributed by atoms with Gasteiger partial charge in [-0.25, -0.2) is 9.50 Å². The minimum Gasteiger partial charge on any atom is -0.304 e. The van der Waals surface area contributed by atoms with Crippen LogP contribution in [0.3, 0.4) is 0 Å². The number of hydrogen-bond donors (Lipinski definition) is 1. The van der Waals surface area contributed by atoms with Crippen LogP contribution in [-0.2, 0) is 0 Å². The van der Waals surface area contributed by atoms with Crippen molar-refractivity contribution in [2.45, 2.75) is 0 Å². The molecular weight excluding hydrogens is 338 g/mol. The lowest BCUT2D eigenvalue weighted by Crippen LogP contribution is -2.15. The van der Waals surface area contributed by atoms with Crippen LogP contribution in [0.15, 0.2) is 67.0 Å². The molecule has 0 aliphatic rings. The van der Waals surface area contributed by atoms with Crippen LogP contribution >= 0.6 is 11.6 Å². The van der Waals surface area contributed by atoms with Gasteiger partial charge in [0.2, 0.25) is 0 Å². The molecule has 1 aromatic carbocycles. The molecule has 0 fully saturated rings. The van der Waals surface area contributed by atoms with E-state index < -0.39 is 0 Å². The maximum absolute atomic E-state index is 12.2. The largest absolute Gasteiger partial charge is 0.304 e. The summed E-state index contributed by atoms with van der Waals surface area (Å²) in [6, 6.07) is 16.1. The Bertz CT molecular complexity index is 1060. The summed E-state index contributed by atoms with van der Waals surface area (Å²) in [6.45, 7) is 0. The van der Waals surface area contributed by atoms with E-state index in [0.29, 0.717) is 22.2 Å². The molecule has 0 bridgehead atoms. The lowest BCUT2D eigenvalue weighted by atomic mass is 10.2. The maximum Gasteiger partial charge on any atom is 0.275 e. The second kappa shape index (κ2) is 6.33. The summed E-state index contributed by atoms with van der Waals surface area (Å²) >= 11 is 6.07. The predicted molar refractivity (Wildman–Crippen MR) is 95.6 cm³/mol. The molecule has 1 N–H and O–H groups in total. The molecule has 3 heterocycles. The van der Waals surface area contributed by atoms with E-state index in [2.05, 4.69) is 20.4 Å². The van der Waals surface area contributed by atoms with E-state index in [1.54, 1.807) is 53.3 Å². The lowest BCUT2D eigenvalue weighted by Gasteiger charge is -2.06. The molecule has 4 aromatic rings. The first-order valence-corrected chi connectivity index (χ1v) is 7.91. The number of amides is 1. The van der Waals surface area contributed by atoms with E-state index in [1.165, 1.54) is 0 Å². The zero-order valence-corrected chi connectivity index (χ0v) is 13.7. The van der Waals surface area contributed by atoms with Gasteiger partial charge in [-0.2, -0.15) is 0 Å². The molecule has 0 atom stereocenters. The molecule has 6 nitrogen and oxygen atoms in total. The number of halogens is 1. The Hall–Kier alpha value is -3.25. The van der Waals surface area contributed by atoms with Crippen LogP contribution in [0.4, 0.5) is 5.82 Å². The Morgan fingerprint density at radius 1 is 1.04 bits per heavy atom. The number of benzene rings is 1. The molecule has 0 saturated heterocycles. The van der Waals surface area contributed by atoms with Gasteiger partial charge in [-0.1, -0.05) is 29.8 Å². The Morgan fingerprint density at radius 2 is 1.96 bits per heavy atom. The van der Waals surface area contributed by atoms with E-state index in [4.69, 9.17) is 11.6 Å². The summed E-state index contributed by atoms with van der Waals surface area (Å²) < 4.78 is 1.67. The van der Waals surface area contributed by atoms with Gasteiger partial charge in [0, 0.05) is 16.8 Å². The van der Waals surface area contributed by atoms with Gasteiger partial charge in [0.1, 0.15) is 5.69 Å². The summed E-state index contributed by atoms with van der Waals surface area (Å²) in [6.07, 6.45) is 3.29. The number of hydrogen-bond acceptors (Lipinski definition) is 4. The molecule has 3 aromatic heterocycles. The number of imidazole rings is 1. The predicted octanol–water partition coefficient (Wildman–Crippen LogP) is 3.70. The van der Waals surface area contributed by atoms with Crippen LogP contribution in [0.5, 0.6) is 0 Å². The van der Waals surface area contributed by atoms with Crippen molar-refractivity contribution in [3.8, 4) is 11.3 Å². The van der Waals surface area contributed by atoms with Gasteiger partial charge < -0.3 is 5.32 Å². The molecular formula is C18H12ClN5O. The van der Waals surface area contributed by atoms with Crippen LogP contribution in [0.1, 0.15) is 10.5 Å². The summed E-state index contributed by atoms with van der Waals surface area (Å²) in [7, 11) is 0. The van der Waals surface area contributed by atoms with Crippen LogP contribution in [-0.4, -0.2) is 25.5 Å². The van der Waals surface area contributed by atoms with Crippen molar-refractivity contribution < 1.29 is 4.79 Å². The lowest BCUT2D eigenvalue weighted by molar-refractivity contribution is 0.102. The van der Waals surface area contributed by atoms with E-state index in [0.717, 1.165) is 11.3 Å². The molecule has 0 unspecified atom stereocenters. The van der Waals surface area contributed by atoms with Crippen molar-refractivity contribution in [1.29, 1.82) is 0 Å². The van der Waals surface area contributed by atoms with Crippen LogP contribution in [0.2, 0.25) is 5.02 Å². The molecule has 1 amide bonds. The molecule has 0 aliphatic carbocycles. The van der Waals surface area contributed by atoms with E-state index in [-0.39, 0.29) is 5.91 Å². The van der Waals surface area contributed by atoms with Crippen molar-refractivity contribution in [3.63, 3.8) is 0 Å². The van der Waals surface area contributed by atoms with Gasteiger partial charge in [0.15, 0.2) is 11.5 Å². The highest BCUT2D eigenvalue weighted by atomic mass is 35.5. The van der Waals surface area contributed by atoms with Crippen molar-refractivity contribution in [2.75, 3.05) is 5.32 Å². The van der Waals surface area contributed by atoms with E-state index in [1.807, 2.05) is 18.2 Å². The Labute approximate surface area is 148 Å². The normalized spacial score (nSPS) is 10.8. The number of carbonyl (C=O) groups excluding carboxylic acids is 1. The SMILES string of the molecule is O=C(Nc1ccc2ncc(-c3cccc(Cl)c3)n2n1)c1ccccn1. The van der Waals surface area contributed by atoms with Crippen LogP contribution in [0.25, 0.3) is 16.9 Å². The van der Waals surface area contributed by atoms with Crippen LogP contribution < -0.4 is 5.32 Å². The van der Waals surface area contributed by atoms with Crippen molar-refractivity contribution in [3.05, 3.63) is 77.7 Å². The first-order valence-electron chi connectivity index (χ1n) is 7.54. The average molecular weight is 350 g/mol. The highest BCUT2D eigenvalue weighted by molar-refractivity contribution is 6.30. The Kier molecular flexibility index (Phi) is 3.87. The van der Waals surface area contributed by atoms with E-state index in [9.17, 15) is 4.79 Å². The monoisotopic (exact) mass is 349 g/mol. The van der Waals surface area contributed by atoms with Crippen LogP contribution in [0, 0.1) is 0 Å². The van der Waals surface area contributed by atoms with Gasteiger partial charge in [-0.15, -0.1) is 5.10 Å². The van der Waals surface area contributed by atoms with Gasteiger partial charge in [0.05, 0.1) is 11.9 Å². The third-order valence-electron chi connectivity index (χ3n) is 3.62. The Balaban J connectivity index is 1.70. The standard InChI is InChI=1S/C18H12ClN5O/c19-13-5-3-4-12(10-13)15-11-21-17-8-7-16(23-24(15)17)22-18(25)14-6-1-2-9-20-14/h1-11H,(H,22,23,25). The molecule has 0 saturated carbocycles. The second-order valence-electron chi connectivity index (χ2n) is 5.31. The van der Waals surface area contributed by atoms with Crippen molar-refractivity contribution >= 4 is 29.0 Å². The molecule has 7 heteroatoms. The molecule has 4 rings (SSSR count). The van der Waals surface area contributed by atoms with Crippen molar-refractivity contribution in [2.24, 2.45) is 0 Å². The summed E-state index contributed by atoms with van der Waals surface area (Å²) in [4.78, 5) is 20.6. The first kappa shape index (κ1) is 15.3. The van der Waals surface area contributed by atoms with Gasteiger partial charge in [0.25, 0.3) is 5.91 Å². The summed E-state index contributed by atoms with van der Waals surface area (Å²) in [5.74, 6) is 0.0845. The maximum atomic E-state index is 12.2. The molecule has 0 aliphatic heterocycles. The number of pyridine rings is 1. The van der Waals surface area contributed by atoms with E-state index >= 15 is 0 Å². The minimum atomic E-state index is -0.322. The van der Waals surface area contributed by atoms with Gasteiger partial charge in [-0.3, -0.25) is 9.78 Å². The van der Waals surface area contributed by atoms with Gasteiger partial charge in [-0.05, 0) is 36.4 Å². The fraction of sp³-hybridized carbons (Fsp3) is 0. The first-order chi connectivity index (χ1) is 12.2. The fourth-order valence-electron chi connectivity index (χ4n) is 2.46. The fourth-order valence-corrected chi connectivity index (χ4v) is 2.65. The smallest absolute Gasteiger partial charge is 0.275 e. The Morgan fingerprint density at radius 3 is 2.76 bits per heavy atom. The highest BCUT2D eigenvalue weighted by Gasteiger charge is 2.11. The number of rotatable bonds is 3. The molecule has 0 radical (unpaired) electrons. The van der Waals surface area contributed by atoms with Crippen molar-refractivity contribution in [1.82, 2.24) is 19.6 Å². The number of nitrogens with one attached hydrogen (secondary N) is 1. The number of carbonyl (C=O) groups is 1. The number of anilines is 1. The highest BCUT2D eigenvalue weighted by Crippen LogP contribution is 2.23. The number of nitrogens with zero attached hydrogens (tertiary/aromatic N) is 4. The zero-order chi connectivity index (χ0) is 17.2. The van der Waals surface area contributed by atoms with Gasteiger partial charge >= 0.3 is 0 Å². The summed E-state index contributed by atoms with van der Waals surface area (Å²) in [5, 5.41) is 7.83. The number of fused-ring (bicyclic) bond motifs is 1. The summed E-state index contributed by atoms with van der Waals surface area (Å²) in [5.41, 5.74) is 2.67. The quantitative estimate of drug-likeness (QED) is 0.612. The molecule has 0 spiro atoms. The topological polar surface area (TPSA) is 72.2 Å². The molecule has 122 valence electrons. The number of aromatic nitrogens is 4. The minimum absolute atomic E-state index is 0.322. The third-order valence-corrected chi connectivity index (χ3v) is 3.86. The average Bonchev–Trinajstić information content (AvgIpc) is 3.06. The zero-order valence-electron chi connectivity index (χ0n) is 12.9. The second-order valence-corrected chi connectivity index (χ2v) is 5.75. The third kappa shape index (κ3) is 3.07. The molecule has 25 heavy (non-hydrogen) atoms.